The molecule has 0 atom stereocenters. The summed E-state index contributed by atoms with van der Waals surface area (Å²) in [6.07, 6.45) is 1.41. The number of rotatable bonds is 8. The van der Waals surface area contributed by atoms with Gasteiger partial charge in [-0.1, -0.05) is 6.07 Å². The highest BCUT2D eigenvalue weighted by atomic mass is 32.1. The molecule has 9 nitrogen and oxygen atoms in total. The lowest BCUT2D eigenvalue weighted by Gasteiger charge is -2.17. The zero-order valence-electron chi connectivity index (χ0n) is 17.4. The Morgan fingerprint density at radius 3 is 2.34 bits per heavy atom. The van der Waals surface area contributed by atoms with Gasteiger partial charge in [0.2, 0.25) is 0 Å². The molecule has 32 heavy (non-hydrogen) atoms. The molecular formula is C22H21N3O6S. The fraction of sp³-hybridized carbons (Fsp3) is 0.182. The predicted molar refractivity (Wildman–Crippen MR) is 122 cm³/mol. The van der Waals surface area contributed by atoms with Crippen molar-refractivity contribution in [3.05, 3.63) is 53.6 Å². The van der Waals surface area contributed by atoms with Crippen LogP contribution in [0.4, 0.5) is 5.69 Å². The van der Waals surface area contributed by atoms with Crippen molar-refractivity contribution in [3.8, 4) is 17.2 Å². The first kappa shape index (κ1) is 22.8. The van der Waals surface area contributed by atoms with Crippen LogP contribution in [-0.4, -0.2) is 43.2 Å². The molecule has 0 unspecified atom stereocenters. The minimum atomic E-state index is -0.591. The Balaban J connectivity index is 1.69. The Morgan fingerprint density at radius 2 is 1.72 bits per heavy atom. The zero-order chi connectivity index (χ0) is 23.1. The second-order valence-electron chi connectivity index (χ2n) is 6.50. The number of methoxy groups -OCH3 is 1. The summed E-state index contributed by atoms with van der Waals surface area (Å²) >= 11 is 4.79. The first-order valence-corrected chi connectivity index (χ1v) is 10.0. The summed E-state index contributed by atoms with van der Waals surface area (Å²) in [5, 5.41) is 7.44. The third-order valence-electron chi connectivity index (χ3n) is 4.25. The number of ether oxygens (including phenoxy) is 3. The Hall–Kier alpha value is -3.92. The van der Waals surface area contributed by atoms with Gasteiger partial charge in [-0.2, -0.15) is 0 Å². The highest BCUT2D eigenvalue weighted by molar-refractivity contribution is 7.80. The topological polar surface area (TPSA) is 115 Å². The summed E-state index contributed by atoms with van der Waals surface area (Å²) in [7, 11) is 1.56. The number of hydrogen-bond donors (Lipinski definition) is 3. The standard InChI is InChI=1S/C22H21N3O6S/c1-3-30-18-11-13(10-16-20(27)24-22(32)25-21(16)28)4-9-17(18)31-12-19(26)23-14-5-7-15(29-2)8-6-14/h4-11H,3,12H2,1-2H3,(H,23,26)(H2,24,25,27,28,32). The largest absolute Gasteiger partial charge is 0.497 e. The van der Waals surface area contributed by atoms with Crippen LogP contribution in [0.25, 0.3) is 6.08 Å². The number of carbonyl (C=O) groups excluding carboxylic acids is 3. The van der Waals surface area contributed by atoms with Gasteiger partial charge < -0.3 is 19.5 Å². The van der Waals surface area contributed by atoms with Gasteiger partial charge in [0.25, 0.3) is 17.7 Å². The molecule has 166 valence electrons. The van der Waals surface area contributed by atoms with Crippen molar-refractivity contribution in [3.63, 3.8) is 0 Å². The fourth-order valence-electron chi connectivity index (χ4n) is 2.79. The van der Waals surface area contributed by atoms with Gasteiger partial charge in [0, 0.05) is 5.69 Å². The molecule has 2 aromatic carbocycles. The van der Waals surface area contributed by atoms with Gasteiger partial charge in [-0.05, 0) is 67.2 Å². The number of amides is 3. The molecule has 0 radical (unpaired) electrons. The third-order valence-corrected chi connectivity index (χ3v) is 4.46. The summed E-state index contributed by atoms with van der Waals surface area (Å²) in [4.78, 5) is 36.3. The van der Waals surface area contributed by atoms with Gasteiger partial charge in [0.05, 0.1) is 13.7 Å². The van der Waals surface area contributed by atoms with E-state index < -0.39 is 11.8 Å². The first-order chi connectivity index (χ1) is 15.4. The highest BCUT2D eigenvalue weighted by Gasteiger charge is 2.25. The predicted octanol–water partition coefficient (Wildman–Crippen LogP) is 2.03. The normalized spacial score (nSPS) is 13.1. The first-order valence-electron chi connectivity index (χ1n) is 9.61. The van der Waals surface area contributed by atoms with Gasteiger partial charge in [-0.3, -0.25) is 25.0 Å². The maximum Gasteiger partial charge on any atom is 0.263 e. The SMILES string of the molecule is CCOc1cc(C=C2C(=O)NC(=S)NC2=O)ccc1OCC(=O)Nc1ccc(OC)cc1. The molecule has 1 saturated heterocycles. The molecule has 0 bridgehead atoms. The van der Waals surface area contributed by atoms with E-state index in [1.807, 2.05) is 0 Å². The molecule has 10 heteroatoms. The quantitative estimate of drug-likeness (QED) is 0.317. The second-order valence-corrected chi connectivity index (χ2v) is 6.91. The monoisotopic (exact) mass is 455 g/mol. The number of nitrogens with one attached hydrogen (secondary N) is 3. The molecular weight excluding hydrogens is 434 g/mol. The molecule has 1 aliphatic rings. The molecule has 0 aromatic heterocycles. The number of anilines is 1. The van der Waals surface area contributed by atoms with Crippen LogP contribution in [0.2, 0.25) is 0 Å². The van der Waals surface area contributed by atoms with Crippen LogP contribution in [0.3, 0.4) is 0 Å². The van der Waals surface area contributed by atoms with Crippen LogP contribution in [0.15, 0.2) is 48.0 Å². The second kappa shape index (κ2) is 10.4. The van der Waals surface area contributed by atoms with Crippen LogP contribution in [0, 0.1) is 0 Å². The molecule has 2 aromatic rings. The van der Waals surface area contributed by atoms with E-state index in [0.29, 0.717) is 35.1 Å². The van der Waals surface area contributed by atoms with Crippen molar-refractivity contribution >= 4 is 46.8 Å². The van der Waals surface area contributed by atoms with E-state index >= 15 is 0 Å². The van der Waals surface area contributed by atoms with Crippen LogP contribution in [-0.2, 0) is 14.4 Å². The van der Waals surface area contributed by atoms with E-state index in [2.05, 4.69) is 16.0 Å². The van der Waals surface area contributed by atoms with Crippen LogP contribution >= 0.6 is 12.2 Å². The van der Waals surface area contributed by atoms with Crippen molar-refractivity contribution in [2.45, 2.75) is 6.92 Å². The van der Waals surface area contributed by atoms with E-state index in [0.717, 1.165) is 0 Å². The molecule has 0 spiro atoms. The Bertz CT molecular complexity index is 1060. The molecule has 1 heterocycles. The number of carbonyl (C=O) groups is 3. The summed E-state index contributed by atoms with van der Waals surface area (Å²) in [6.45, 7) is 1.91. The van der Waals surface area contributed by atoms with Gasteiger partial charge in [-0.25, -0.2) is 0 Å². The molecule has 0 aliphatic carbocycles. The summed E-state index contributed by atoms with van der Waals surface area (Å²) in [5.41, 5.74) is 1.06. The van der Waals surface area contributed by atoms with E-state index in [4.69, 9.17) is 26.4 Å². The van der Waals surface area contributed by atoms with Gasteiger partial charge in [0.15, 0.2) is 23.2 Å². The number of benzene rings is 2. The molecule has 3 N–H and O–H groups in total. The maximum absolute atomic E-state index is 12.2. The summed E-state index contributed by atoms with van der Waals surface area (Å²) in [5.74, 6) is -0.139. The van der Waals surface area contributed by atoms with E-state index in [1.54, 1.807) is 56.5 Å². The van der Waals surface area contributed by atoms with Gasteiger partial charge in [-0.15, -0.1) is 0 Å². The van der Waals surface area contributed by atoms with Crippen molar-refractivity contribution in [2.24, 2.45) is 0 Å². The van der Waals surface area contributed by atoms with Crippen LogP contribution < -0.4 is 30.2 Å². The lowest BCUT2D eigenvalue weighted by atomic mass is 10.1. The molecule has 3 amide bonds. The van der Waals surface area contributed by atoms with E-state index in [9.17, 15) is 14.4 Å². The van der Waals surface area contributed by atoms with Gasteiger partial charge >= 0.3 is 0 Å². The Labute approximate surface area is 189 Å². The third kappa shape index (κ3) is 5.82. The Morgan fingerprint density at radius 1 is 1.03 bits per heavy atom. The zero-order valence-corrected chi connectivity index (χ0v) is 18.2. The minimum absolute atomic E-state index is 0.0381. The van der Waals surface area contributed by atoms with Crippen molar-refractivity contribution in [1.29, 1.82) is 0 Å². The average Bonchev–Trinajstić information content (AvgIpc) is 2.76. The maximum atomic E-state index is 12.2. The van der Waals surface area contributed by atoms with Crippen LogP contribution in [0.5, 0.6) is 17.2 Å². The Kier molecular flexibility index (Phi) is 7.40. The highest BCUT2D eigenvalue weighted by Crippen LogP contribution is 2.29. The molecule has 3 rings (SSSR count). The number of thiocarbonyl (C=S) groups is 1. The fourth-order valence-corrected chi connectivity index (χ4v) is 2.98. The summed E-state index contributed by atoms with van der Waals surface area (Å²) < 4.78 is 16.3. The van der Waals surface area contributed by atoms with E-state index in [-0.39, 0.29) is 23.2 Å². The number of hydrogen-bond acceptors (Lipinski definition) is 7. The van der Waals surface area contributed by atoms with Crippen molar-refractivity contribution in [2.75, 3.05) is 25.6 Å². The van der Waals surface area contributed by atoms with E-state index in [1.165, 1.54) is 6.08 Å². The lowest BCUT2D eigenvalue weighted by molar-refractivity contribution is -0.123. The molecule has 1 fully saturated rings. The summed E-state index contributed by atoms with van der Waals surface area (Å²) in [6, 6.07) is 11.8. The van der Waals surface area contributed by atoms with Gasteiger partial charge in [0.1, 0.15) is 11.3 Å². The molecule has 0 saturated carbocycles. The minimum Gasteiger partial charge on any atom is -0.497 e. The van der Waals surface area contributed by atoms with Crippen LogP contribution in [0.1, 0.15) is 12.5 Å². The van der Waals surface area contributed by atoms with Crippen molar-refractivity contribution in [1.82, 2.24) is 10.6 Å². The average molecular weight is 455 g/mol. The smallest absolute Gasteiger partial charge is 0.263 e. The molecule has 1 aliphatic heterocycles. The lowest BCUT2D eigenvalue weighted by Crippen LogP contribution is -2.51. The van der Waals surface area contributed by atoms with Crippen molar-refractivity contribution < 1.29 is 28.6 Å².